The van der Waals surface area contributed by atoms with Crippen molar-refractivity contribution in [3.05, 3.63) is 38.6 Å². The minimum absolute atomic E-state index is 0.0416. The number of benzene rings is 1. The lowest BCUT2D eigenvalue weighted by molar-refractivity contribution is -0.0802. The third-order valence-electron chi connectivity index (χ3n) is 2.68. The average Bonchev–Trinajstić information content (AvgIpc) is 2.26. The van der Waals surface area contributed by atoms with Crippen LogP contribution in [-0.4, -0.2) is 9.58 Å². The molecule has 0 N–H and O–H groups in total. The Morgan fingerprint density at radius 3 is 2.53 bits per heavy atom. The van der Waals surface area contributed by atoms with Gasteiger partial charge < -0.3 is 9.30 Å². The summed E-state index contributed by atoms with van der Waals surface area (Å²) in [5.41, 5.74) is 0.911. The van der Waals surface area contributed by atoms with Crippen LogP contribution in [0.5, 0.6) is 5.75 Å². The molecule has 0 bridgehead atoms. The van der Waals surface area contributed by atoms with Gasteiger partial charge in [0.05, 0.1) is 5.52 Å². The van der Waals surface area contributed by atoms with Crippen molar-refractivity contribution in [3.8, 4) is 5.75 Å². The van der Waals surface area contributed by atoms with Crippen molar-refractivity contribution >= 4 is 42.8 Å². The van der Waals surface area contributed by atoms with Crippen LogP contribution in [0.2, 0.25) is 0 Å². The number of halogens is 4. The van der Waals surface area contributed by atoms with E-state index in [2.05, 4.69) is 36.6 Å². The molecule has 0 aliphatic rings. The quantitative estimate of drug-likeness (QED) is 0.720. The highest BCUT2D eigenvalue weighted by molar-refractivity contribution is 9.10. The minimum Gasteiger partial charge on any atom is -0.424 e. The highest BCUT2D eigenvalue weighted by Crippen LogP contribution is 2.33. The Balaban J connectivity index is 2.72. The lowest BCUT2D eigenvalue weighted by atomic mass is 10.1. The first-order valence-electron chi connectivity index (χ1n) is 5.24. The second kappa shape index (κ2) is 4.86. The van der Waals surface area contributed by atoms with E-state index in [0.717, 1.165) is 5.39 Å². The zero-order chi connectivity index (χ0) is 14.4. The number of hydrogen-bond donors (Lipinski definition) is 0. The molecule has 0 atom stereocenters. The molecular formula is C12H9Br2F2NO2. The van der Waals surface area contributed by atoms with Crippen molar-refractivity contribution in [2.24, 2.45) is 7.05 Å². The van der Waals surface area contributed by atoms with Crippen LogP contribution in [0.1, 0.15) is 5.56 Å². The SMILES string of the molecule is Cc1cc2c(Br)cc(OC(F)(F)Br)cc2n(C)c1=O. The number of hydrogen-bond acceptors (Lipinski definition) is 2. The molecule has 0 saturated heterocycles. The zero-order valence-electron chi connectivity index (χ0n) is 10.0. The van der Waals surface area contributed by atoms with E-state index >= 15 is 0 Å². The van der Waals surface area contributed by atoms with E-state index in [4.69, 9.17) is 0 Å². The topological polar surface area (TPSA) is 31.2 Å². The Hall–Kier alpha value is -0.950. The smallest absolute Gasteiger partial charge is 0.424 e. The third kappa shape index (κ3) is 2.97. The molecule has 19 heavy (non-hydrogen) atoms. The van der Waals surface area contributed by atoms with E-state index in [-0.39, 0.29) is 11.3 Å². The van der Waals surface area contributed by atoms with E-state index in [0.29, 0.717) is 15.6 Å². The molecule has 3 nitrogen and oxygen atoms in total. The number of alkyl halides is 3. The summed E-state index contributed by atoms with van der Waals surface area (Å²) >= 11 is 5.40. The molecule has 0 radical (unpaired) electrons. The van der Waals surface area contributed by atoms with E-state index in [1.165, 1.54) is 16.7 Å². The Kier molecular flexibility index (Phi) is 3.70. The number of rotatable bonds is 2. The average molecular weight is 397 g/mol. The Bertz CT molecular complexity index is 707. The molecule has 102 valence electrons. The number of aryl methyl sites for hydroxylation is 2. The highest BCUT2D eigenvalue weighted by Gasteiger charge is 2.27. The van der Waals surface area contributed by atoms with Gasteiger partial charge in [0.2, 0.25) is 0 Å². The molecule has 0 saturated carbocycles. The molecule has 0 aliphatic carbocycles. The molecule has 2 rings (SSSR count). The van der Waals surface area contributed by atoms with Gasteiger partial charge in [-0.3, -0.25) is 4.79 Å². The Morgan fingerprint density at radius 2 is 1.95 bits per heavy atom. The van der Waals surface area contributed by atoms with Crippen LogP contribution in [-0.2, 0) is 7.05 Å². The van der Waals surface area contributed by atoms with Crippen molar-refractivity contribution in [1.29, 1.82) is 0 Å². The lowest BCUT2D eigenvalue weighted by Crippen LogP contribution is -2.20. The number of ether oxygens (including phenoxy) is 1. The normalized spacial score (nSPS) is 11.9. The van der Waals surface area contributed by atoms with E-state index in [1.54, 1.807) is 20.0 Å². The van der Waals surface area contributed by atoms with Crippen molar-refractivity contribution in [3.63, 3.8) is 0 Å². The number of nitrogens with zero attached hydrogens (tertiary/aromatic N) is 1. The van der Waals surface area contributed by atoms with Gasteiger partial charge in [-0.15, -0.1) is 0 Å². The predicted octanol–water partition coefficient (Wildman–Crippen LogP) is 3.93. The molecule has 0 aliphatic heterocycles. The molecule has 7 heteroatoms. The monoisotopic (exact) mass is 395 g/mol. The fraction of sp³-hybridized carbons (Fsp3) is 0.250. The first-order chi connectivity index (χ1) is 8.69. The number of aromatic nitrogens is 1. The van der Waals surface area contributed by atoms with Crippen molar-refractivity contribution in [2.75, 3.05) is 0 Å². The molecule has 1 aromatic carbocycles. The van der Waals surface area contributed by atoms with Crippen LogP contribution in [0.4, 0.5) is 8.78 Å². The van der Waals surface area contributed by atoms with Crippen LogP contribution in [0.15, 0.2) is 27.5 Å². The minimum atomic E-state index is -3.45. The first-order valence-corrected chi connectivity index (χ1v) is 6.83. The van der Waals surface area contributed by atoms with E-state index in [1.807, 2.05) is 0 Å². The van der Waals surface area contributed by atoms with Gasteiger partial charge in [-0.2, -0.15) is 8.78 Å². The second-order valence-electron chi connectivity index (χ2n) is 4.08. The summed E-state index contributed by atoms with van der Waals surface area (Å²) in [4.78, 5) is 11.8. The summed E-state index contributed by atoms with van der Waals surface area (Å²) in [5.74, 6) is -0.0416. The van der Waals surface area contributed by atoms with Crippen LogP contribution >= 0.6 is 31.9 Å². The standard InChI is InChI=1S/C12H9Br2F2NO2/c1-6-3-8-9(13)4-7(19-12(14,15)16)5-10(8)17(2)11(6)18/h3-5H,1-2H3. The summed E-state index contributed by atoms with van der Waals surface area (Å²) in [6.07, 6.45) is 0. The maximum absolute atomic E-state index is 12.8. The van der Waals surface area contributed by atoms with Crippen LogP contribution in [0.25, 0.3) is 10.9 Å². The molecule has 1 aromatic heterocycles. The second-order valence-corrected chi connectivity index (χ2v) is 5.85. The predicted molar refractivity (Wildman–Crippen MR) is 76.1 cm³/mol. The van der Waals surface area contributed by atoms with Gasteiger partial charge in [0.1, 0.15) is 5.75 Å². The molecule has 1 heterocycles. The summed E-state index contributed by atoms with van der Waals surface area (Å²) < 4.78 is 32.0. The first kappa shape index (κ1) is 14.5. The summed E-state index contributed by atoms with van der Waals surface area (Å²) in [5, 5.41) is -2.70. The van der Waals surface area contributed by atoms with Gasteiger partial charge in [0, 0.05) is 44.5 Å². The molecule has 0 spiro atoms. The van der Waals surface area contributed by atoms with Crippen molar-refractivity contribution < 1.29 is 13.5 Å². The van der Waals surface area contributed by atoms with Gasteiger partial charge in [0.25, 0.3) is 5.56 Å². The van der Waals surface area contributed by atoms with Gasteiger partial charge in [-0.05, 0) is 35.0 Å². The van der Waals surface area contributed by atoms with Gasteiger partial charge in [-0.1, -0.05) is 0 Å². The molecule has 2 aromatic rings. The summed E-state index contributed by atoms with van der Waals surface area (Å²) in [6, 6.07) is 4.54. The van der Waals surface area contributed by atoms with Crippen LogP contribution < -0.4 is 10.3 Å². The van der Waals surface area contributed by atoms with Crippen LogP contribution in [0.3, 0.4) is 0 Å². The number of fused-ring (bicyclic) bond motifs is 1. The van der Waals surface area contributed by atoms with E-state index < -0.39 is 5.02 Å². The molecular weight excluding hydrogens is 388 g/mol. The van der Waals surface area contributed by atoms with Gasteiger partial charge >= 0.3 is 5.02 Å². The van der Waals surface area contributed by atoms with Gasteiger partial charge in [0.15, 0.2) is 0 Å². The number of pyridine rings is 1. The maximum atomic E-state index is 12.8. The van der Waals surface area contributed by atoms with E-state index in [9.17, 15) is 13.6 Å². The summed E-state index contributed by atoms with van der Waals surface area (Å²) in [7, 11) is 1.58. The van der Waals surface area contributed by atoms with Crippen LogP contribution in [0, 0.1) is 6.92 Å². The Morgan fingerprint density at radius 1 is 1.32 bits per heavy atom. The summed E-state index contributed by atoms with van der Waals surface area (Å²) in [6.45, 7) is 1.70. The zero-order valence-corrected chi connectivity index (χ0v) is 13.2. The van der Waals surface area contributed by atoms with Crippen molar-refractivity contribution in [2.45, 2.75) is 11.9 Å². The third-order valence-corrected chi connectivity index (χ3v) is 3.50. The molecule has 0 amide bonds. The highest BCUT2D eigenvalue weighted by atomic mass is 79.9. The molecule has 0 fully saturated rings. The molecule has 0 unspecified atom stereocenters. The fourth-order valence-corrected chi connectivity index (χ4v) is 2.57. The Labute approximate surface area is 124 Å². The largest absolute Gasteiger partial charge is 0.459 e. The van der Waals surface area contributed by atoms with Gasteiger partial charge in [-0.25, -0.2) is 0 Å². The maximum Gasteiger partial charge on any atom is 0.459 e. The van der Waals surface area contributed by atoms with Crippen molar-refractivity contribution in [1.82, 2.24) is 4.57 Å². The fourth-order valence-electron chi connectivity index (χ4n) is 1.84. The lowest BCUT2D eigenvalue weighted by Gasteiger charge is -2.14.